The standard InChI is InChI=1S/C11H22N4O2/c1-8(2)15-6-5-9(11(15)16)17-13-10(12)7-14(3)4/h8-9H,5-7H2,1-4H3,(H2,12,13)/t9-/m1/s1. The molecule has 1 atom stereocenters. The van der Waals surface area contributed by atoms with Gasteiger partial charge in [0.05, 0.1) is 6.54 Å². The molecule has 1 amide bonds. The number of carbonyl (C=O) groups is 1. The average molecular weight is 242 g/mol. The van der Waals surface area contributed by atoms with Gasteiger partial charge in [0.1, 0.15) is 0 Å². The smallest absolute Gasteiger partial charge is 0.266 e. The highest BCUT2D eigenvalue weighted by Crippen LogP contribution is 2.17. The molecule has 0 saturated carbocycles. The summed E-state index contributed by atoms with van der Waals surface area (Å²) in [6.07, 6.45) is 0.202. The predicted octanol–water partition coefficient (Wildman–Crippen LogP) is -0.154. The zero-order valence-corrected chi connectivity index (χ0v) is 11.0. The predicted molar refractivity (Wildman–Crippen MR) is 66.5 cm³/mol. The lowest BCUT2D eigenvalue weighted by Crippen LogP contribution is -2.36. The van der Waals surface area contributed by atoms with Crippen LogP contribution in [0.15, 0.2) is 5.16 Å². The molecule has 0 spiro atoms. The van der Waals surface area contributed by atoms with Gasteiger partial charge in [-0.05, 0) is 27.9 Å². The molecule has 0 bridgehead atoms. The molecule has 0 radical (unpaired) electrons. The van der Waals surface area contributed by atoms with Gasteiger partial charge in [0.2, 0.25) is 6.10 Å². The van der Waals surface area contributed by atoms with E-state index in [1.165, 1.54) is 0 Å². The molecule has 0 aliphatic carbocycles. The molecule has 0 aromatic carbocycles. The molecule has 17 heavy (non-hydrogen) atoms. The first-order valence-corrected chi connectivity index (χ1v) is 5.85. The number of nitrogens with zero attached hydrogens (tertiary/aromatic N) is 3. The van der Waals surface area contributed by atoms with Gasteiger partial charge in [0.25, 0.3) is 5.91 Å². The van der Waals surface area contributed by atoms with Crippen molar-refractivity contribution in [3.05, 3.63) is 0 Å². The Morgan fingerprint density at radius 2 is 2.29 bits per heavy atom. The minimum absolute atomic E-state index is 0.00130. The number of hydrogen-bond donors (Lipinski definition) is 1. The molecule has 1 aliphatic rings. The number of likely N-dealkylation sites (N-methyl/N-ethyl adjacent to an activating group) is 1. The van der Waals surface area contributed by atoms with Crippen LogP contribution in [0.25, 0.3) is 0 Å². The van der Waals surface area contributed by atoms with Gasteiger partial charge in [-0.1, -0.05) is 5.16 Å². The first kappa shape index (κ1) is 13.8. The molecule has 0 unspecified atom stereocenters. The van der Waals surface area contributed by atoms with Crippen molar-refractivity contribution in [3.8, 4) is 0 Å². The lowest BCUT2D eigenvalue weighted by Gasteiger charge is -2.20. The zero-order valence-electron chi connectivity index (χ0n) is 11.0. The fourth-order valence-electron chi connectivity index (χ4n) is 1.77. The van der Waals surface area contributed by atoms with Gasteiger partial charge in [0, 0.05) is 19.0 Å². The molecule has 1 aliphatic heterocycles. The van der Waals surface area contributed by atoms with Crippen molar-refractivity contribution in [3.63, 3.8) is 0 Å². The third-order valence-electron chi connectivity index (χ3n) is 2.59. The Balaban J connectivity index is 2.46. The summed E-state index contributed by atoms with van der Waals surface area (Å²) in [5.74, 6) is 0.382. The summed E-state index contributed by atoms with van der Waals surface area (Å²) in [5.41, 5.74) is 5.65. The van der Waals surface area contributed by atoms with Crippen LogP contribution in [0, 0.1) is 0 Å². The molecular weight excluding hydrogens is 220 g/mol. The van der Waals surface area contributed by atoms with Crippen molar-refractivity contribution in [2.45, 2.75) is 32.4 Å². The summed E-state index contributed by atoms with van der Waals surface area (Å²) in [4.78, 5) is 20.7. The Labute approximate surface area is 102 Å². The van der Waals surface area contributed by atoms with E-state index >= 15 is 0 Å². The van der Waals surface area contributed by atoms with Crippen molar-refractivity contribution >= 4 is 11.7 Å². The fourth-order valence-corrected chi connectivity index (χ4v) is 1.77. The maximum absolute atomic E-state index is 11.9. The summed E-state index contributed by atoms with van der Waals surface area (Å²) >= 11 is 0. The largest absolute Gasteiger partial charge is 0.383 e. The van der Waals surface area contributed by atoms with Crippen LogP contribution in [-0.4, -0.2) is 60.9 Å². The minimum Gasteiger partial charge on any atom is -0.383 e. The zero-order chi connectivity index (χ0) is 13.0. The Morgan fingerprint density at radius 3 is 2.76 bits per heavy atom. The SMILES string of the molecule is CC(C)N1CC[C@@H](ON=C(N)CN(C)C)C1=O. The van der Waals surface area contributed by atoms with Crippen LogP contribution in [0.5, 0.6) is 0 Å². The van der Waals surface area contributed by atoms with Crippen LogP contribution < -0.4 is 5.73 Å². The van der Waals surface area contributed by atoms with E-state index in [1.807, 2.05) is 32.8 Å². The van der Waals surface area contributed by atoms with Crippen LogP contribution in [0.2, 0.25) is 0 Å². The van der Waals surface area contributed by atoms with Crippen molar-refractivity contribution in [1.29, 1.82) is 0 Å². The molecule has 6 heteroatoms. The number of nitrogens with two attached hydrogens (primary N) is 1. The molecule has 6 nitrogen and oxygen atoms in total. The molecule has 98 valence electrons. The lowest BCUT2D eigenvalue weighted by atomic mass is 10.3. The Bertz CT molecular complexity index is 302. The van der Waals surface area contributed by atoms with Gasteiger partial charge in [-0.3, -0.25) is 4.79 Å². The average Bonchev–Trinajstić information content (AvgIpc) is 2.55. The van der Waals surface area contributed by atoms with E-state index in [9.17, 15) is 4.79 Å². The van der Waals surface area contributed by atoms with E-state index in [2.05, 4.69) is 5.16 Å². The first-order valence-electron chi connectivity index (χ1n) is 5.85. The minimum atomic E-state index is -0.474. The molecule has 1 heterocycles. The van der Waals surface area contributed by atoms with Gasteiger partial charge in [-0.15, -0.1) is 0 Å². The van der Waals surface area contributed by atoms with Gasteiger partial charge in [-0.25, -0.2) is 0 Å². The number of oxime groups is 1. The number of amides is 1. The van der Waals surface area contributed by atoms with Crippen LogP contribution >= 0.6 is 0 Å². The number of carbonyl (C=O) groups excluding carboxylic acids is 1. The summed E-state index contributed by atoms with van der Waals surface area (Å²) in [6.45, 7) is 5.23. The Kier molecular flexibility index (Phi) is 4.74. The van der Waals surface area contributed by atoms with E-state index < -0.39 is 6.10 Å². The third kappa shape index (κ3) is 3.89. The molecule has 1 fully saturated rings. The molecule has 1 saturated heterocycles. The van der Waals surface area contributed by atoms with Gasteiger partial charge in [-0.2, -0.15) is 0 Å². The number of hydrogen-bond acceptors (Lipinski definition) is 4. The van der Waals surface area contributed by atoms with Crippen LogP contribution in [0.3, 0.4) is 0 Å². The molecule has 0 aromatic heterocycles. The number of amidine groups is 1. The molecule has 0 aromatic rings. The van der Waals surface area contributed by atoms with E-state index in [0.29, 0.717) is 18.8 Å². The highest BCUT2D eigenvalue weighted by Gasteiger charge is 2.34. The van der Waals surface area contributed by atoms with Crippen LogP contribution in [0.4, 0.5) is 0 Å². The fraction of sp³-hybridized carbons (Fsp3) is 0.818. The van der Waals surface area contributed by atoms with E-state index in [4.69, 9.17) is 10.6 Å². The monoisotopic (exact) mass is 242 g/mol. The molecular formula is C11H22N4O2. The molecule has 1 rings (SSSR count). The summed E-state index contributed by atoms with van der Waals surface area (Å²) < 4.78 is 0. The van der Waals surface area contributed by atoms with Gasteiger partial charge >= 0.3 is 0 Å². The van der Waals surface area contributed by atoms with Crippen LogP contribution in [0.1, 0.15) is 20.3 Å². The number of rotatable bonds is 5. The van der Waals surface area contributed by atoms with Crippen molar-refractivity contribution in [2.24, 2.45) is 10.9 Å². The molecule has 2 N–H and O–H groups in total. The number of likely N-dealkylation sites (tertiary alicyclic amines) is 1. The van der Waals surface area contributed by atoms with Crippen molar-refractivity contribution < 1.29 is 9.63 Å². The third-order valence-corrected chi connectivity index (χ3v) is 2.59. The summed E-state index contributed by atoms with van der Waals surface area (Å²) in [6, 6.07) is 0.208. The second kappa shape index (κ2) is 5.86. The normalized spacial score (nSPS) is 21.8. The quantitative estimate of drug-likeness (QED) is 0.413. The van der Waals surface area contributed by atoms with Crippen molar-refractivity contribution in [1.82, 2.24) is 9.80 Å². The van der Waals surface area contributed by atoms with E-state index in [-0.39, 0.29) is 11.9 Å². The highest BCUT2D eigenvalue weighted by atomic mass is 16.6. The maximum atomic E-state index is 11.9. The Hall–Kier alpha value is -1.30. The van der Waals surface area contributed by atoms with Gasteiger partial charge in [0.15, 0.2) is 5.84 Å². The first-order chi connectivity index (χ1) is 7.91. The Morgan fingerprint density at radius 1 is 1.65 bits per heavy atom. The summed E-state index contributed by atoms with van der Waals surface area (Å²) in [7, 11) is 3.78. The van der Waals surface area contributed by atoms with E-state index in [1.54, 1.807) is 4.90 Å². The maximum Gasteiger partial charge on any atom is 0.266 e. The van der Waals surface area contributed by atoms with E-state index in [0.717, 1.165) is 6.54 Å². The summed E-state index contributed by atoms with van der Waals surface area (Å²) in [5, 5.41) is 3.80. The van der Waals surface area contributed by atoms with Crippen LogP contribution in [-0.2, 0) is 9.63 Å². The second-order valence-electron chi connectivity index (χ2n) is 4.83. The van der Waals surface area contributed by atoms with Crippen molar-refractivity contribution in [2.75, 3.05) is 27.2 Å². The highest BCUT2D eigenvalue weighted by molar-refractivity contribution is 5.84. The van der Waals surface area contributed by atoms with Gasteiger partial charge < -0.3 is 20.4 Å². The second-order valence-corrected chi connectivity index (χ2v) is 4.83. The topological polar surface area (TPSA) is 71.2 Å². The lowest BCUT2D eigenvalue weighted by molar-refractivity contribution is -0.138.